The lowest BCUT2D eigenvalue weighted by atomic mass is 10.3. The Balaban J connectivity index is 2.04. The van der Waals surface area contributed by atoms with Crippen LogP contribution in [0.3, 0.4) is 0 Å². The van der Waals surface area contributed by atoms with Gasteiger partial charge in [0.05, 0.1) is 23.0 Å². The number of carbonyl (C=O) groups excluding carboxylic acids is 3. The van der Waals surface area contributed by atoms with E-state index in [1.807, 2.05) is 6.07 Å². The molecular weight excluding hydrogens is 278 g/mol. The second kappa shape index (κ2) is 6.25. The topological polar surface area (TPSA) is 89.0 Å². The second-order valence-corrected chi connectivity index (χ2v) is 4.87. The standard InChI is InChI=1S/C13H11N3O3S/c1-8(17)15-12(18)7-20-13(19)11-6-14-9-4-2-3-5-10(9)16-11/h2-6H,7H2,1H3,(H,15,17,18). The van der Waals surface area contributed by atoms with Gasteiger partial charge in [-0.15, -0.1) is 0 Å². The normalized spacial score (nSPS) is 10.2. The minimum atomic E-state index is -0.510. The van der Waals surface area contributed by atoms with E-state index in [-0.39, 0.29) is 16.6 Å². The molecule has 0 aliphatic rings. The van der Waals surface area contributed by atoms with Crippen molar-refractivity contribution < 1.29 is 14.4 Å². The zero-order valence-corrected chi connectivity index (χ0v) is 11.4. The highest BCUT2D eigenvalue weighted by Gasteiger charge is 2.13. The average Bonchev–Trinajstić information content (AvgIpc) is 2.43. The molecule has 102 valence electrons. The molecule has 1 heterocycles. The van der Waals surface area contributed by atoms with Crippen molar-refractivity contribution in [2.45, 2.75) is 6.92 Å². The monoisotopic (exact) mass is 289 g/mol. The van der Waals surface area contributed by atoms with Gasteiger partial charge < -0.3 is 0 Å². The molecule has 0 spiro atoms. The number of carbonyl (C=O) groups is 3. The Morgan fingerprint density at radius 2 is 1.90 bits per heavy atom. The molecule has 0 unspecified atom stereocenters. The van der Waals surface area contributed by atoms with Crippen LogP contribution in [-0.2, 0) is 9.59 Å². The quantitative estimate of drug-likeness (QED) is 0.912. The number of rotatable bonds is 3. The molecule has 0 bridgehead atoms. The Labute approximate surface area is 119 Å². The number of benzene rings is 1. The van der Waals surface area contributed by atoms with Gasteiger partial charge in [-0.2, -0.15) is 0 Å². The first kappa shape index (κ1) is 14.1. The lowest BCUT2D eigenvalue weighted by Gasteiger charge is -2.02. The molecule has 0 aliphatic heterocycles. The van der Waals surface area contributed by atoms with Crippen molar-refractivity contribution in [2.75, 3.05) is 5.75 Å². The predicted molar refractivity (Wildman–Crippen MR) is 75.2 cm³/mol. The maximum absolute atomic E-state index is 11.9. The fourth-order valence-electron chi connectivity index (χ4n) is 1.49. The largest absolute Gasteiger partial charge is 0.296 e. The summed E-state index contributed by atoms with van der Waals surface area (Å²) in [6.07, 6.45) is 1.38. The minimum Gasteiger partial charge on any atom is -0.296 e. The third-order valence-electron chi connectivity index (χ3n) is 2.31. The van der Waals surface area contributed by atoms with E-state index < -0.39 is 11.8 Å². The fourth-order valence-corrected chi connectivity index (χ4v) is 2.07. The van der Waals surface area contributed by atoms with Crippen LogP contribution in [0.25, 0.3) is 11.0 Å². The van der Waals surface area contributed by atoms with Crippen molar-refractivity contribution in [3.05, 3.63) is 36.2 Å². The molecule has 2 amide bonds. The maximum Gasteiger partial charge on any atom is 0.239 e. The lowest BCUT2D eigenvalue weighted by Crippen LogP contribution is -2.29. The smallest absolute Gasteiger partial charge is 0.239 e. The van der Waals surface area contributed by atoms with Crippen molar-refractivity contribution in [1.29, 1.82) is 0 Å². The van der Waals surface area contributed by atoms with Crippen LogP contribution in [-0.4, -0.2) is 32.7 Å². The van der Waals surface area contributed by atoms with Gasteiger partial charge >= 0.3 is 0 Å². The van der Waals surface area contributed by atoms with Crippen LogP contribution in [0.5, 0.6) is 0 Å². The molecule has 1 aromatic carbocycles. The molecule has 1 aromatic heterocycles. The average molecular weight is 289 g/mol. The fraction of sp³-hybridized carbons (Fsp3) is 0.154. The molecule has 0 atom stereocenters. The predicted octanol–water partition coefficient (Wildman–Crippen LogP) is 1.17. The number of imide groups is 1. The third-order valence-corrected chi connectivity index (χ3v) is 3.19. The Hall–Kier alpha value is -2.28. The van der Waals surface area contributed by atoms with E-state index >= 15 is 0 Å². The summed E-state index contributed by atoms with van der Waals surface area (Å²) in [5.41, 5.74) is 1.50. The van der Waals surface area contributed by atoms with Crippen LogP contribution in [0.2, 0.25) is 0 Å². The Morgan fingerprint density at radius 1 is 1.20 bits per heavy atom. The Kier molecular flexibility index (Phi) is 4.41. The van der Waals surface area contributed by atoms with Crippen molar-refractivity contribution in [3.8, 4) is 0 Å². The van der Waals surface area contributed by atoms with E-state index in [1.165, 1.54) is 13.1 Å². The van der Waals surface area contributed by atoms with Gasteiger partial charge in [0.15, 0.2) is 0 Å². The van der Waals surface area contributed by atoms with Gasteiger partial charge in [-0.05, 0) is 12.1 Å². The van der Waals surface area contributed by atoms with Crippen LogP contribution in [0.1, 0.15) is 17.4 Å². The number of para-hydroxylation sites is 2. The second-order valence-electron chi connectivity index (χ2n) is 3.92. The SMILES string of the molecule is CC(=O)NC(=O)CSC(=O)c1cnc2ccccc2n1. The molecule has 20 heavy (non-hydrogen) atoms. The van der Waals surface area contributed by atoms with Gasteiger partial charge in [0.2, 0.25) is 16.9 Å². The molecule has 2 aromatic rings. The highest BCUT2D eigenvalue weighted by atomic mass is 32.2. The Morgan fingerprint density at radius 3 is 2.60 bits per heavy atom. The number of hydrogen-bond acceptors (Lipinski definition) is 6. The van der Waals surface area contributed by atoms with Crippen molar-refractivity contribution >= 4 is 39.7 Å². The molecule has 1 N–H and O–H groups in total. The van der Waals surface area contributed by atoms with Gasteiger partial charge in [-0.3, -0.25) is 24.7 Å². The zero-order chi connectivity index (χ0) is 14.5. The number of thioether (sulfide) groups is 1. The summed E-state index contributed by atoms with van der Waals surface area (Å²) in [6, 6.07) is 7.19. The van der Waals surface area contributed by atoms with E-state index in [0.29, 0.717) is 11.0 Å². The first-order chi connectivity index (χ1) is 9.56. The number of aromatic nitrogens is 2. The van der Waals surface area contributed by atoms with Crippen LogP contribution < -0.4 is 5.32 Å². The number of hydrogen-bond donors (Lipinski definition) is 1. The number of amides is 2. The molecule has 2 rings (SSSR count). The summed E-state index contributed by atoms with van der Waals surface area (Å²) in [6.45, 7) is 1.24. The summed E-state index contributed by atoms with van der Waals surface area (Å²) < 4.78 is 0. The van der Waals surface area contributed by atoms with E-state index in [2.05, 4.69) is 15.3 Å². The first-order valence-corrected chi connectivity index (χ1v) is 6.74. The van der Waals surface area contributed by atoms with Gasteiger partial charge in [-0.25, -0.2) is 4.98 Å². The van der Waals surface area contributed by atoms with Gasteiger partial charge in [-0.1, -0.05) is 23.9 Å². The van der Waals surface area contributed by atoms with Crippen LogP contribution in [0.15, 0.2) is 30.5 Å². The third kappa shape index (κ3) is 3.61. The highest BCUT2D eigenvalue weighted by molar-refractivity contribution is 8.14. The first-order valence-electron chi connectivity index (χ1n) is 5.75. The van der Waals surface area contributed by atoms with Crippen molar-refractivity contribution in [1.82, 2.24) is 15.3 Å². The number of nitrogens with one attached hydrogen (secondary N) is 1. The molecule has 0 fully saturated rings. The van der Waals surface area contributed by atoms with Crippen LogP contribution in [0.4, 0.5) is 0 Å². The van der Waals surface area contributed by atoms with E-state index in [0.717, 1.165) is 11.8 Å². The molecular formula is C13H11N3O3S. The molecule has 0 aliphatic carbocycles. The summed E-state index contributed by atoms with van der Waals surface area (Å²) in [5.74, 6) is -1.09. The molecule has 7 heteroatoms. The van der Waals surface area contributed by atoms with Gasteiger partial charge in [0, 0.05) is 6.92 Å². The number of nitrogens with zero attached hydrogens (tertiary/aromatic N) is 2. The molecule has 0 saturated heterocycles. The molecule has 6 nitrogen and oxygen atoms in total. The summed E-state index contributed by atoms with van der Waals surface area (Å²) >= 11 is 0.782. The van der Waals surface area contributed by atoms with Gasteiger partial charge in [0.25, 0.3) is 0 Å². The van der Waals surface area contributed by atoms with E-state index in [4.69, 9.17) is 0 Å². The summed E-state index contributed by atoms with van der Waals surface area (Å²) in [4.78, 5) is 42.1. The van der Waals surface area contributed by atoms with Crippen LogP contribution >= 0.6 is 11.8 Å². The van der Waals surface area contributed by atoms with Crippen LogP contribution in [0, 0.1) is 0 Å². The van der Waals surface area contributed by atoms with Gasteiger partial charge in [0.1, 0.15) is 5.69 Å². The summed E-state index contributed by atoms with van der Waals surface area (Å²) in [7, 11) is 0. The van der Waals surface area contributed by atoms with E-state index in [9.17, 15) is 14.4 Å². The zero-order valence-electron chi connectivity index (χ0n) is 10.6. The highest BCUT2D eigenvalue weighted by Crippen LogP contribution is 2.13. The Bertz CT molecular complexity index is 687. The minimum absolute atomic E-state index is 0.132. The molecule has 0 saturated carbocycles. The molecule has 0 radical (unpaired) electrons. The number of fused-ring (bicyclic) bond motifs is 1. The van der Waals surface area contributed by atoms with Crippen molar-refractivity contribution in [3.63, 3.8) is 0 Å². The van der Waals surface area contributed by atoms with Crippen molar-refractivity contribution in [2.24, 2.45) is 0 Å². The lowest BCUT2D eigenvalue weighted by molar-refractivity contribution is -0.127. The van der Waals surface area contributed by atoms with E-state index in [1.54, 1.807) is 18.2 Å². The summed E-state index contributed by atoms with van der Waals surface area (Å²) in [5, 5.41) is 1.73. The maximum atomic E-state index is 11.9.